The fraction of sp³-hybridized carbons (Fsp3) is 0.474. The molecule has 1 fully saturated rings. The van der Waals surface area contributed by atoms with Crippen LogP contribution in [0.15, 0.2) is 34.9 Å². The molecule has 128 valence electrons. The minimum Gasteiger partial charge on any atom is -0.361 e. The van der Waals surface area contributed by atoms with Gasteiger partial charge in [0.2, 0.25) is 0 Å². The fourth-order valence-electron chi connectivity index (χ4n) is 3.48. The Morgan fingerprint density at radius 3 is 2.92 bits per heavy atom. The van der Waals surface area contributed by atoms with Gasteiger partial charge in [-0.25, -0.2) is 4.79 Å². The van der Waals surface area contributed by atoms with E-state index in [0.29, 0.717) is 6.54 Å². The molecule has 1 saturated heterocycles. The maximum Gasteiger partial charge on any atom is 0.317 e. The maximum absolute atomic E-state index is 12.6. The van der Waals surface area contributed by atoms with Crippen molar-refractivity contribution in [1.29, 1.82) is 0 Å². The van der Waals surface area contributed by atoms with Crippen LogP contribution < -0.4 is 5.32 Å². The predicted octanol–water partition coefficient (Wildman–Crippen LogP) is 3.63. The molecule has 1 aliphatic heterocycles. The molecule has 0 unspecified atom stereocenters. The molecule has 1 N–H and O–H groups in total. The van der Waals surface area contributed by atoms with Crippen molar-refractivity contribution in [3.63, 3.8) is 0 Å². The Balaban J connectivity index is 1.62. The Morgan fingerprint density at radius 1 is 1.38 bits per heavy atom. The number of nitrogens with one attached hydrogen (secondary N) is 1. The molecule has 0 saturated carbocycles. The van der Waals surface area contributed by atoms with Gasteiger partial charge in [-0.2, -0.15) is 0 Å². The number of likely N-dealkylation sites (tertiary alicyclic amines) is 1. The first kappa shape index (κ1) is 16.6. The zero-order valence-corrected chi connectivity index (χ0v) is 14.4. The summed E-state index contributed by atoms with van der Waals surface area (Å²) < 4.78 is 5.42. The largest absolute Gasteiger partial charge is 0.361 e. The summed E-state index contributed by atoms with van der Waals surface area (Å²) in [6, 6.07) is 10.3. The van der Waals surface area contributed by atoms with Crippen LogP contribution in [-0.2, 0) is 12.8 Å². The molecule has 1 aromatic heterocycles. The van der Waals surface area contributed by atoms with Crippen molar-refractivity contribution in [3.05, 3.63) is 52.9 Å². The van der Waals surface area contributed by atoms with Crippen LogP contribution in [0.3, 0.4) is 0 Å². The van der Waals surface area contributed by atoms with Crippen molar-refractivity contribution in [2.75, 3.05) is 13.1 Å². The molecule has 0 bridgehead atoms. The van der Waals surface area contributed by atoms with Gasteiger partial charge >= 0.3 is 6.03 Å². The third kappa shape index (κ3) is 3.45. The Morgan fingerprint density at radius 2 is 2.17 bits per heavy atom. The smallest absolute Gasteiger partial charge is 0.317 e. The predicted molar refractivity (Wildman–Crippen MR) is 92.8 cm³/mol. The average molecular weight is 327 g/mol. The summed E-state index contributed by atoms with van der Waals surface area (Å²) in [5.74, 6) is 0.904. The molecule has 5 nitrogen and oxygen atoms in total. The summed E-state index contributed by atoms with van der Waals surface area (Å²) in [5, 5.41) is 7.15. The number of benzene rings is 1. The highest BCUT2D eigenvalue weighted by Crippen LogP contribution is 2.35. The Kier molecular flexibility index (Phi) is 5.18. The molecule has 2 aromatic rings. The van der Waals surface area contributed by atoms with E-state index in [9.17, 15) is 4.79 Å². The molecule has 1 aromatic carbocycles. The Hall–Kier alpha value is -2.30. The summed E-state index contributed by atoms with van der Waals surface area (Å²) in [4.78, 5) is 14.6. The second-order valence-corrected chi connectivity index (χ2v) is 6.28. The van der Waals surface area contributed by atoms with Gasteiger partial charge in [0, 0.05) is 25.1 Å². The molecule has 2 heterocycles. The van der Waals surface area contributed by atoms with E-state index in [1.165, 1.54) is 5.56 Å². The highest BCUT2D eigenvalue weighted by atomic mass is 16.5. The third-order valence-corrected chi connectivity index (χ3v) is 4.68. The van der Waals surface area contributed by atoms with Crippen molar-refractivity contribution in [2.45, 2.75) is 45.6 Å². The fourth-order valence-corrected chi connectivity index (χ4v) is 3.48. The number of aryl methyl sites for hydroxylation is 2. The van der Waals surface area contributed by atoms with Gasteiger partial charge < -0.3 is 14.7 Å². The number of carbonyl (C=O) groups excluding carboxylic acids is 1. The van der Waals surface area contributed by atoms with E-state index in [0.717, 1.165) is 49.2 Å². The SMILES string of the molecule is CCc1onc(C)c1[C@@H]1CCCN1C(=O)NCCc1ccccc1. The van der Waals surface area contributed by atoms with E-state index in [4.69, 9.17) is 4.52 Å². The van der Waals surface area contributed by atoms with E-state index in [2.05, 4.69) is 29.5 Å². The molecule has 0 radical (unpaired) electrons. The molecule has 3 rings (SSSR count). The van der Waals surface area contributed by atoms with Gasteiger partial charge in [0.05, 0.1) is 11.7 Å². The first-order valence-electron chi connectivity index (χ1n) is 8.74. The van der Waals surface area contributed by atoms with Crippen molar-refractivity contribution in [2.24, 2.45) is 0 Å². The van der Waals surface area contributed by atoms with Crippen molar-refractivity contribution >= 4 is 6.03 Å². The average Bonchev–Trinajstić information content (AvgIpc) is 3.21. The molecular weight excluding hydrogens is 302 g/mol. The normalized spacial score (nSPS) is 17.2. The summed E-state index contributed by atoms with van der Waals surface area (Å²) in [6.07, 6.45) is 3.64. The number of carbonyl (C=O) groups is 1. The minimum atomic E-state index is 0.0103. The lowest BCUT2D eigenvalue weighted by molar-refractivity contribution is 0.192. The van der Waals surface area contributed by atoms with Gasteiger partial charge in [0.1, 0.15) is 5.76 Å². The van der Waals surface area contributed by atoms with Gasteiger partial charge in [0.15, 0.2) is 0 Å². The summed E-state index contributed by atoms with van der Waals surface area (Å²) in [6.45, 7) is 5.45. The summed E-state index contributed by atoms with van der Waals surface area (Å²) in [5.41, 5.74) is 3.24. The van der Waals surface area contributed by atoms with Crippen LogP contribution in [0, 0.1) is 6.92 Å². The van der Waals surface area contributed by atoms with Crippen molar-refractivity contribution in [3.8, 4) is 0 Å². The number of nitrogens with zero attached hydrogens (tertiary/aromatic N) is 2. The highest BCUT2D eigenvalue weighted by molar-refractivity contribution is 5.75. The lowest BCUT2D eigenvalue weighted by Crippen LogP contribution is -2.40. The standard InChI is InChI=1S/C19H25N3O2/c1-3-17-18(14(2)21-24-17)16-10-7-13-22(16)19(23)20-12-11-15-8-5-4-6-9-15/h4-6,8-9,16H,3,7,10-13H2,1-2H3,(H,20,23)/t16-/m0/s1. The number of urea groups is 1. The Bertz CT molecular complexity index is 681. The quantitative estimate of drug-likeness (QED) is 0.912. The van der Waals surface area contributed by atoms with Crippen LogP contribution in [0.25, 0.3) is 0 Å². The number of rotatable bonds is 5. The first-order valence-corrected chi connectivity index (χ1v) is 8.74. The molecular formula is C19H25N3O2. The highest BCUT2D eigenvalue weighted by Gasteiger charge is 2.34. The molecule has 2 amide bonds. The number of hydrogen-bond acceptors (Lipinski definition) is 3. The van der Waals surface area contributed by atoms with Gasteiger partial charge in [-0.05, 0) is 31.7 Å². The molecule has 5 heteroatoms. The molecule has 1 atom stereocenters. The summed E-state index contributed by atoms with van der Waals surface area (Å²) >= 11 is 0. The van der Waals surface area contributed by atoms with E-state index in [1.807, 2.05) is 30.0 Å². The van der Waals surface area contributed by atoms with E-state index < -0.39 is 0 Å². The first-order chi connectivity index (χ1) is 11.7. The Labute approximate surface area is 143 Å². The van der Waals surface area contributed by atoms with Crippen LogP contribution in [0.4, 0.5) is 4.79 Å². The summed E-state index contributed by atoms with van der Waals surface area (Å²) in [7, 11) is 0. The molecule has 1 aliphatic rings. The lowest BCUT2D eigenvalue weighted by Gasteiger charge is -2.25. The number of aromatic nitrogens is 1. The van der Waals surface area contributed by atoms with E-state index >= 15 is 0 Å². The lowest BCUT2D eigenvalue weighted by atomic mass is 10.0. The zero-order chi connectivity index (χ0) is 16.9. The second-order valence-electron chi connectivity index (χ2n) is 6.28. The minimum absolute atomic E-state index is 0.0103. The van der Waals surface area contributed by atoms with E-state index in [-0.39, 0.29) is 12.1 Å². The van der Waals surface area contributed by atoms with Crippen LogP contribution in [-0.4, -0.2) is 29.2 Å². The third-order valence-electron chi connectivity index (χ3n) is 4.68. The van der Waals surface area contributed by atoms with Crippen molar-refractivity contribution < 1.29 is 9.32 Å². The molecule has 0 spiro atoms. The van der Waals surface area contributed by atoms with Crippen LogP contribution in [0.1, 0.15) is 48.4 Å². The van der Waals surface area contributed by atoms with Gasteiger partial charge in [-0.3, -0.25) is 0 Å². The molecule has 24 heavy (non-hydrogen) atoms. The second kappa shape index (κ2) is 7.51. The number of amides is 2. The topological polar surface area (TPSA) is 58.4 Å². The van der Waals surface area contributed by atoms with Crippen LogP contribution >= 0.6 is 0 Å². The number of hydrogen-bond donors (Lipinski definition) is 1. The van der Waals surface area contributed by atoms with Crippen molar-refractivity contribution in [1.82, 2.24) is 15.4 Å². The van der Waals surface area contributed by atoms with Crippen LogP contribution in [0.2, 0.25) is 0 Å². The monoisotopic (exact) mass is 327 g/mol. The maximum atomic E-state index is 12.6. The van der Waals surface area contributed by atoms with Crippen LogP contribution in [0.5, 0.6) is 0 Å². The van der Waals surface area contributed by atoms with E-state index in [1.54, 1.807) is 0 Å². The van der Waals surface area contributed by atoms with Gasteiger partial charge in [-0.15, -0.1) is 0 Å². The van der Waals surface area contributed by atoms with Gasteiger partial charge in [0.25, 0.3) is 0 Å². The molecule has 0 aliphatic carbocycles. The zero-order valence-electron chi connectivity index (χ0n) is 14.4. The van der Waals surface area contributed by atoms with Gasteiger partial charge in [-0.1, -0.05) is 42.4 Å².